The monoisotopic (exact) mass is 298 g/mol. The second-order valence-electron chi connectivity index (χ2n) is 5.63. The number of hydrogen-bond acceptors (Lipinski definition) is 3. The molecule has 5 heteroatoms. The molecule has 3 nitrogen and oxygen atoms in total. The van der Waals surface area contributed by atoms with Gasteiger partial charge >= 0.3 is 0 Å². The Hall–Kier alpha value is -1.20. The van der Waals surface area contributed by atoms with Crippen molar-refractivity contribution in [1.82, 2.24) is 0 Å². The lowest BCUT2D eigenvalue weighted by molar-refractivity contribution is 0.0380. The molecule has 0 spiro atoms. The van der Waals surface area contributed by atoms with Crippen molar-refractivity contribution in [2.75, 3.05) is 24.6 Å². The van der Waals surface area contributed by atoms with E-state index in [1.54, 1.807) is 4.90 Å². The molecule has 1 aromatic carbocycles. The molecule has 0 aliphatic carbocycles. The van der Waals surface area contributed by atoms with E-state index in [0.717, 1.165) is 12.8 Å². The Labute approximate surface area is 125 Å². The molecule has 1 aromatic rings. The minimum atomic E-state index is -0.509. The molecule has 1 saturated heterocycles. The fraction of sp³-hybridized carbons (Fsp3) is 0.625. The average molecular weight is 298 g/mol. The van der Waals surface area contributed by atoms with Crippen LogP contribution in [0.1, 0.15) is 32.3 Å². The molecule has 118 valence electrons. The van der Waals surface area contributed by atoms with Gasteiger partial charge in [-0.3, -0.25) is 0 Å². The Morgan fingerprint density at radius 1 is 1.33 bits per heavy atom. The third kappa shape index (κ3) is 3.92. The molecule has 0 saturated carbocycles. The van der Waals surface area contributed by atoms with Gasteiger partial charge in [0, 0.05) is 19.1 Å². The molecule has 0 amide bonds. The molecule has 2 atom stereocenters. The highest BCUT2D eigenvalue weighted by Crippen LogP contribution is 2.27. The predicted molar refractivity (Wildman–Crippen MR) is 80.6 cm³/mol. The van der Waals surface area contributed by atoms with Crippen LogP contribution in [0.15, 0.2) is 12.1 Å². The fourth-order valence-corrected chi connectivity index (χ4v) is 2.65. The fourth-order valence-electron chi connectivity index (χ4n) is 2.65. The lowest BCUT2D eigenvalue weighted by Crippen LogP contribution is -2.43. The topological polar surface area (TPSA) is 38.5 Å². The molecule has 1 aliphatic rings. The van der Waals surface area contributed by atoms with Gasteiger partial charge in [0.25, 0.3) is 0 Å². The van der Waals surface area contributed by atoms with Crippen molar-refractivity contribution in [3.63, 3.8) is 0 Å². The maximum absolute atomic E-state index is 14.3. The highest BCUT2D eigenvalue weighted by molar-refractivity contribution is 5.51. The third-order valence-corrected chi connectivity index (χ3v) is 4.01. The minimum Gasteiger partial charge on any atom is -0.375 e. The molecule has 0 aromatic heterocycles. The van der Waals surface area contributed by atoms with Crippen LogP contribution in [-0.4, -0.2) is 31.8 Å². The zero-order chi connectivity index (χ0) is 15.4. The average Bonchev–Trinajstić information content (AvgIpc) is 2.46. The summed E-state index contributed by atoms with van der Waals surface area (Å²) in [6.45, 7) is 5.51. The van der Waals surface area contributed by atoms with Gasteiger partial charge in [0.1, 0.15) is 17.3 Å². The van der Waals surface area contributed by atoms with Crippen LogP contribution in [-0.2, 0) is 11.2 Å². The first kappa shape index (κ1) is 16.2. The van der Waals surface area contributed by atoms with Crippen LogP contribution in [0.4, 0.5) is 14.5 Å². The Bertz CT molecular complexity index is 458. The SMILES string of the molecule is CCC(N)Cc1cc(F)c(N2CCOC(CC)C2)c(F)c1. The van der Waals surface area contributed by atoms with Crippen molar-refractivity contribution in [2.24, 2.45) is 5.73 Å². The molecule has 2 unspecified atom stereocenters. The minimum absolute atomic E-state index is 0.0331. The smallest absolute Gasteiger partial charge is 0.149 e. The number of hydrogen-bond donors (Lipinski definition) is 1. The number of morpholine rings is 1. The normalized spacial score (nSPS) is 20.6. The molecular weight excluding hydrogens is 274 g/mol. The van der Waals surface area contributed by atoms with Crippen LogP contribution in [0.25, 0.3) is 0 Å². The number of benzene rings is 1. The number of nitrogens with two attached hydrogens (primary N) is 1. The second-order valence-corrected chi connectivity index (χ2v) is 5.63. The molecule has 21 heavy (non-hydrogen) atoms. The molecule has 0 radical (unpaired) electrons. The highest BCUT2D eigenvalue weighted by atomic mass is 19.1. The van der Waals surface area contributed by atoms with Crippen molar-refractivity contribution in [3.8, 4) is 0 Å². The summed E-state index contributed by atoms with van der Waals surface area (Å²) < 4.78 is 34.2. The summed E-state index contributed by atoms with van der Waals surface area (Å²) in [5.41, 5.74) is 6.53. The summed E-state index contributed by atoms with van der Waals surface area (Å²) in [6.07, 6.45) is 2.15. The van der Waals surface area contributed by atoms with Gasteiger partial charge in [-0.15, -0.1) is 0 Å². The van der Waals surface area contributed by atoms with E-state index in [-0.39, 0.29) is 17.8 Å². The Morgan fingerprint density at radius 3 is 2.57 bits per heavy atom. The first-order valence-corrected chi connectivity index (χ1v) is 7.65. The van der Waals surface area contributed by atoms with Crippen molar-refractivity contribution in [1.29, 1.82) is 0 Å². The second kappa shape index (κ2) is 7.18. The lowest BCUT2D eigenvalue weighted by Gasteiger charge is -2.34. The zero-order valence-corrected chi connectivity index (χ0v) is 12.7. The summed E-state index contributed by atoms with van der Waals surface area (Å²) >= 11 is 0. The van der Waals surface area contributed by atoms with E-state index in [2.05, 4.69) is 0 Å². The maximum Gasteiger partial charge on any atom is 0.149 e. The largest absolute Gasteiger partial charge is 0.375 e. The van der Waals surface area contributed by atoms with Crippen LogP contribution >= 0.6 is 0 Å². The highest BCUT2D eigenvalue weighted by Gasteiger charge is 2.24. The molecule has 2 rings (SSSR count). The van der Waals surface area contributed by atoms with E-state index in [9.17, 15) is 8.78 Å². The van der Waals surface area contributed by atoms with E-state index in [1.807, 2.05) is 13.8 Å². The van der Waals surface area contributed by atoms with E-state index < -0.39 is 11.6 Å². The third-order valence-electron chi connectivity index (χ3n) is 4.01. The van der Waals surface area contributed by atoms with Crippen LogP contribution in [0.2, 0.25) is 0 Å². The van der Waals surface area contributed by atoms with Gasteiger partial charge in [0.05, 0.1) is 12.7 Å². The quantitative estimate of drug-likeness (QED) is 0.908. The number of anilines is 1. The number of nitrogens with zero attached hydrogens (tertiary/aromatic N) is 1. The molecular formula is C16H24F2N2O. The predicted octanol–water partition coefficient (Wildman–Crippen LogP) is 2.86. The Kier molecular flexibility index (Phi) is 5.53. The van der Waals surface area contributed by atoms with Gasteiger partial charge in [0.2, 0.25) is 0 Å². The van der Waals surface area contributed by atoms with E-state index in [4.69, 9.17) is 10.5 Å². The Balaban J connectivity index is 2.20. The number of ether oxygens (including phenoxy) is 1. The lowest BCUT2D eigenvalue weighted by atomic mass is 10.0. The van der Waals surface area contributed by atoms with Gasteiger partial charge in [0.15, 0.2) is 0 Å². The van der Waals surface area contributed by atoms with Gasteiger partial charge in [-0.2, -0.15) is 0 Å². The number of rotatable bonds is 5. The summed E-state index contributed by atoms with van der Waals surface area (Å²) in [5, 5.41) is 0. The van der Waals surface area contributed by atoms with Crippen LogP contribution in [0.5, 0.6) is 0 Å². The van der Waals surface area contributed by atoms with Crippen molar-refractivity contribution >= 4 is 5.69 Å². The van der Waals surface area contributed by atoms with Crippen molar-refractivity contribution < 1.29 is 13.5 Å². The molecule has 2 N–H and O–H groups in total. The standard InChI is InChI=1S/C16H24F2N2O/c1-3-12(19)7-11-8-14(17)16(15(18)9-11)20-5-6-21-13(4-2)10-20/h8-9,12-13H,3-7,10,19H2,1-2H3. The summed E-state index contributed by atoms with van der Waals surface area (Å²) in [6, 6.07) is 2.75. The maximum atomic E-state index is 14.3. The van der Waals surface area contributed by atoms with Gasteiger partial charge in [-0.25, -0.2) is 8.78 Å². The van der Waals surface area contributed by atoms with E-state index in [0.29, 0.717) is 31.7 Å². The zero-order valence-electron chi connectivity index (χ0n) is 12.7. The van der Waals surface area contributed by atoms with E-state index >= 15 is 0 Å². The van der Waals surface area contributed by atoms with Gasteiger partial charge < -0.3 is 15.4 Å². The summed E-state index contributed by atoms with van der Waals surface area (Å²) in [7, 11) is 0. The molecule has 1 aliphatic heterocycles. The van der Waals surface area contributed by atoms with Crippen molar-refractivity contribution in [3.05, 3.63) is 29.3 Å². The molecule has 1 heterocycles. The molecule has 0 bridgehead atoms. The van der Waals surface area contributed by atoms with Gasteiger partial charge in [-0.1, -0.05) is 13.8 Å². The summed E-state index contributed by atoms with van der Waals surface area (Å²) in [4.78, 5) is 1.74. The number of halogens is 2. The van der Waals surface area contributed by atoms with Crippen LogP contribution in [0.3, 0.4) is 0 Å². The molecule has 1 fully saturated rings. The van der Waals surface area contributed by atoms with Crippen molar-refractivity contribution in [2.45, 2.75) is 45.3 Å². The Morgan fingerprint density at radius 2 is 2.00 bits per heavy atom. The van der Waals surface area contributed by atoms with Crippen LogP contribution < -0.4 is 10.6 Å². The first-order chi connectivity index (χ1) is 10.0. The first-order valence-electron chi connectivity index (χ1n) is 7.65. The van der Waals surface area contributed by atoms with Crippen LogP contribution in [0, 0.1) is 11.6 Å². The van der Waals surface area contributed by atoms with E-state index in [1.165, 1.54) is 12.1 Å². The summed E-state index contributed by atoms with van der Waals surface area (Å²) in [5.74, 6) is -1.02. The van der Waals surface area contributed by atoms with Gasteiger partial charge in [-0.05, 0) is 37.0 Å².